The van der Waals surface area contributed by atoms with Crippen LogP contribution in [0.2, 0.25) is 0 Å². The topological polar surface area (TPSA) is 35.5 Å². The molecule has 1 saturated heterocycles. The van der Waals surface area contributed by atoms with Gasteiger partial charge in [-0.3, -0.25) is 4.90 Å². The molecule has 1 aliphatic heterocycles. The fourth-order valence-electron chi connectivity index (χ4n) is 2.89. The third-order valence-corrected chi connectivity index (χ3v) is 4.09. The Morgan fingerprint density at radius 2 is 2.00 bits per heavy atom. The SMILES string of the molecule is CCCC(C)Nc1ccccc1CN1CCC(O)CC1. The molecule has 1 atom stereocenters. The molecule has 3 heteroatoms. The molecule has 0 radical (unpaired) electrons. The largest absolute Gasteiger partial charge is 0.393 e. The fraction of sp³-hybridized carbons (Fsp3) is 0.647. The van der Waals surface area contributed by atoms with E-state index in [4.69, 9.17) is 0 Å². The molecule has 1 aromatic rings. The summed E-state index contributed by atoms with van der Waals surface area (Å²) in [6.45, 7) is 7.45. The van der Waals surface area contributed by atoms with Crippen molar-refractivity contribution >= 4 is 5.69 Å². The van der Waals surface area contributed by atoms with Crippen LogP contribution in [0.3, 0.4) is 0 Å². The van der Waals surface area contributed by atoms with E-state index in [2.05, 4.69) is 48.3 Å². The molecule has 2 N–H and O–H groups in total. The van der Waals surface area contributed by atoms with Crippen molar-refractivity contribution in [2.45, 2.75) is 58.2 Å². The highest BCUT2D eigenvalue weighted by Crippen LogP contribution is 2.21. The third-order valence-electron chi connectivity index (χ3n) is 4.09. The zero-order valence-electron chi connectivity index (χ0n) is 12.8. The first kappa shape index (κ1) is 15.3. The standard InChI is InChI=1S/C17H28N2O/c1-3-6-14(2)18-17-8-5-4-7-15(17)13-19-11-9-16(20)10-12-19/h4-5,7-8,14,16,18,20H,3,6,9-13H2,1-2H3. The van der Waals surface area contributed by atoms with Gasteiger partial charge in [-0.15, -0.1) is 0 Å². The summed E-state index contributed by atoms with van der Waals surface area (Å²) in [5.41, 5.74) is 2.63. The van der Waals surface area contributed by atoms with E-state index in [-0.39, 0.29) is 6.10 Å². The van der Waals surface area contributed by atoms with Crippen LogP contribution in [0, 0.1) is 0 Å². The van der Waals surface area contributed by atoms with Gasteiger partial charge in [-0.25, -0.2) is 0 Å². The van der Waals surface area contributed by atoms with Crippen LogP contribution >= 0.6 is 0 Å². The lowest BCUT2D eigenvalue weighted by Crippen LogP contribution is -2.35. The molecule has 1 aromatic carbocycles. The third kappa shape index (κ3) is 4.50. The molecule has 0 aliphatic carbocycles. The zero-order chi connectivity index (χ0) is 14.4. The van der Waals surface area contributed by atoms with Gasteiger partial charge >= 0.3 is 0 Å². The number of hydrogen-bond acceptors (Lipinski definition) is 3. The van der Waals surface area contributed by atoms with Crippen LogP contribution in [-0.2, 0) is 6.54 Å². The van der Waals surface area contributed by atoms with E-state index in [1.165, 1.54) is 24.1 Å². The quantitative estimate of drug-likeness (QED) is 0.837. The zero-order valence-corrected chi connectivity index (χ0v) is 12.8. The molecule has 0 bridgehead atoms. The van der Waals surface area contributed by atoms with Gasteiger partial charge in [0.15, 0.2) is 0 Å². The molecule has 1 fully saturated rings. The minimum atomic E-state index is -0.0933. The molecule has 1 aliphatic rings. The Labute approximate surface area is 123 Å². The molecule has 20 heavy (non-hydrogen) atoms. The average Bonchev–Trinajstić information content (AvgIpc) is 2.44. The number of rotatable bonds is 6. The highest BCUT2D eigenvalue weighted by molar-refractivity contribution is 5.51. The molecule has 0 spiro atoms. The Kier molecular flexibility index (Phi) is 5.86. The summed E-state index contributed by atoms with van der Waals surface area (Å²) in [6, 6.07) is 9.13. The highest BCUT2D eigenvalue weighted by atomic mass is 16.3. The van der Waals surface area contributed by atoms with Gasteiger partial charge in [-0.2, -0.15) is 0 Å². The molecule has 2 rings (SSSR count). The fourth-order valence-corrected chi connectivity index (χ4v) is 2.89. The number of nitrogens with one attached hydrogen (secondary N) is 1. The second-order valence-electron chi connectivity index (χ2n) is 6.00. The maximum atomic E-state index is 9.59. The highest BCUT2D eigenvalue weighted by Gasteiger charge is 2.18. The summed E-state index contributed by atoms with van der Waals surface area (Å²) in [5.74, 6) is 0. The number of likely N-dealkylation sites (tertiary alicyclic amines) is 1. The van der Waals surface area contributed by atoms with Crippen molar-refractivity contribution in [3.8, 4) is 0 Å². The minimum absolute atomic E-state index is 0.0933. The van der Waals surface area contributed by atoms with E-state index >= 15 is 0 Å². The number of piperidine rings is 1. The number of aliphatic hydroxyl groups excluding tert-OH is 1. The molecule has 0 amide bonds. The van der Waals surface area contributed by atoms with Gasteiger partial charge in [0.05, 0.1) is 6.10 Å². The van der Waals surface area contributed by atoms with Crippen LogP contribution in [0.15, 0.2) is 24.3 Å². The van der Waals surface area contributed by atoms with Gasteiger partial charge in [0.1, 0.15) is 0 Å². The Balaban J connectivity index is 1.96. The van der Waals surface area contributed by atoms with Gasteiger partial charge in [0.2, 0.25) is 0 Å². The van der Waals surface area contributed by atoms with Crippen molar-refractivity contribution in [2.75, 3.05) is 18.4 Å². The summed E-state index contributed by atoms with van der Waals surface area (Å²) < 4.78 is 0. The monoisotopic (exact) mass is 276 g/mol. The molecule has 0 saturated carbocycles. The maximum absolute atomic E-state index is 9.59. The van der Waals surface area contributed by atoms with Crippen molar-refractivity contribution in [3.05, 3.63) is 29.8 Å². The minimum Gasteiger partial charge on any atom is -0.393 e. The van der Waals surface area contributed by atoms with Crippen LogP contribution in [-0.4, -0.2) is 35.2 Å². The second kappa shape index (κ2) is 7.65. The van der Waals surface area contributed by atoms with Crippen LogP contribution in [0.5, 0.6) is 0 Å². The first-order valence-electron chi connectivity index (χ1n) is 7.94. The first-order chi connectivity index (χ1) is 9.69. The van der Waals surface area contributed by atoms with E-state index in [0.29, 0.717) is 6.04 Å². The van der Waals surface area contributed by atoms with Crippen LogP contribution in [0.25, 0.3) is 0 Å². The summed E-state index contributed by atoms with van der Waals surface area (Å²) >= 11 is 0. The predicted octanol–water partition coefficient (Wildman–Crippen LogP) is 3.24. The van der Waals surface area contributed by atoms with Crippen molar-refractivity contribution in [2.24, 2.45) is 0 Å². The lowest BCUT2D eigenvalue weighted by Gasteiger charge is -2.30. The van der Waals surface area contributed by atoms with E-state index < -0.39 is 0 Å². The van der Waals surface area contributed by atoms with E-state index in [0.717, 1.165) is 32.5 Å². The van der Waals surface area contributed by atoms with Crippen LogP contribution in [0.1, 0.15) is 45.1 Å². The van der Waals surface area contributed by atoms with Crippen molar-refractivity contribution in [3.63, 3.8) is 0 Å². The van der Waals surface area contributed by atoms with Gasteiger partial charge in [0.25, 0.3) is 0 Å². The summed E-state index contributed by atoms with van der Waals surface area (Å²) in [6.07, 6.45) is 4.12. The molecule has 1 heterocycles. The maximum Gasteiger partial charge on any atom is 0.0564 e. The Morgan fingerprint density at radius 1 is 1.30 bits per heavy atom. The summed E-state index contributed by atoms with van der Waals surface area (Å²) in [5, 5.41) is 13.2. The van der Waals surface area contributed by atoms with Crippen LogP contribution in [0.4, 0.5) is 5.69 Å². The Bertz CT molecular complexity index is 400. The normalized spacial score (nSPS) is 18.9. The molecule has 0 aromatic heterocycles. The number of anilines is 1. The van der Waals surface area contributed by atoms with E-state index in [1.807, 2.05) is 0 Å². The second-order valence-corrected chi connectivity index (χ2v) is 6.00. The lowest BCUT2D eigenvalue weighted by molar-refractivity contribution is 0.0793. The lowest BCUT2D eigenvalue weighted by atomic mass is 10.1. The summed E-state index contributed by atoms with van der Waals surface area (Å²) in [7, 11) is 0. The van der Waals surface area contributed by atoms with Crippen molar-refractivity contribution in [1.82, 2.24) is 4.90 Å². The molecule has 3 nitrogen and oxygen atoms in total. The Morgan fingerprint density at radius 3 is 2.70 bits per heavy atom. The van der Waals surface area contributed by atoms with E-state index in [1.54, 1.807) is 0 Å². The molecule has 112 valence electrons. The molecular weight excluding hydrogens is 248 g/mol. The number of benzene rings is 1. The molecular formula is C17H28N2O. The van der Waals surface area contributed by atoms with Gasteiger partial charge in [0, 0.05) is 31.4 Å². The Hall–Kier alpha value is -1.06. The van der Waals surface area contributed by atoms with Gasteiger partial charge in [-0.1, -0.05) is 31.5 Å². The number of para-hydroxylation sites is 1. The number of aliphatic hydroxyl groups is 1. The van der Waals surface area contributed by atoms with Gasteiger partial charge in [-0.05, 0) is 37.8 Å². The van der Waals surface area contributed by atoms with Crippen LogP contribution < -0.4 is 5.32 Å². The number of hydrogen-bond donors (Lipinski definition) is 2. The first-order valence-corrected chi connectivity index (χ1v) is 7.94. The smallest absolute Gasteiger partial charge is 0.0564 e. The van der Waals surface area contributed by atoms with E-state index in [9.17, 15) is 5.11 Å². The van der Waals surface area contributed by atoms with Crippen molar-refractivity contribution in [1.29, 1.82) is 0 Å². The summed E-state index contributed by atoms with van der Waals surface area (Å²) in [4.78, 5) is 2.44. The van der Waals surface area contributed by atoms with Gasteiger partial charge < -0.3 is 10.4 Å². The predicted molar refractivity (Wildman–Crippen MR) is 85.0 cm³/mol. The molecule has 1 unspecified atom stereocenters. The number of nitrogens with zero attached hydrogens (tertiary/aromatic N) is 1. The van der Waals surface area contributed by atoms with Crippen molar-refractivity contribution < 1.29 is 5.11 Å². The average molecular weight is 276 g/mol.